The quantitative estimate of drug-likeness (QED) is 0.745. The first-order valence-electron chi connectivity index (χ1n) is 8.78. The summed E-state index contributed by atoms with van der Waals surface area (Å²) in [6.45, 7) is 1.47. The first-order valence-corrected chi connectivity index (χ1v) is 9.16. The van der Waals surface area contributed by atoms with Gasteiger partial charge in [0.25, 0.3) is 0 Å². The lowest BCUT2D eigenvalue weighted by atomic mass is 10.2. The molecular formula is C20H21ClN2O4. The predicted molar refractivity (Wildman–Crippen MR) is 103 cm³/mol. The van der Waals surface area contributed by atoms with Crippen LogP contribution >= 0.6 is 11.6 Å². The Morgan fingerprint density at radius 1 is 1.07 bits per heavy atom. The summed E-state index contributed by atoms with van der Waals surface area (Å²) in [4.78, 5) is 23.8. The molecule has 1 heterocycles. The number of benzene rings is 2. The fraction of sp³-hybridized carbons (Fsp3) is 0.300. The summed E-state index contributed by atoms with van der Waals surface area (Å²) >= 11 is 5.85. The largest absolute Gasteiger partial charge is 0.489 e. The molecule has 0 aromatic heterocycles. The lowest BCUT2D eigenvalue weighted by molar-refractivity contribution is -0.136. The van der Waals surface area contributed by atoms with Crippen molar-refractivity contribution in [3.05, 3.63) is 59.1 Å². The average Bonchev–Trinajstić information content (AvgIpc) is 3.20. The summed E-state index contributed by atoms with van der Waals surface area (Å²) in [5.41, 5.74) is 1.52. The highest BCUT2D eigenvalue weighted by Gasteiger charge is 2.19. The van der Waals surface area contributed by atoms with Gasteiger partial charge in [-0.15, -0.1) is 0 Å². The molecular weight excluding hydrogens is 368 g/mol. The summed E-state index contributed by atoms with van der Waals surface area (Å²) in [6.07, 6.45) is 1.89. The molecule has 0 radical (unpaired) electrons. The van der Waals surface area contributed by atoms with Gasteiger partial charge in [0.15, 0.2) is 0 Å². The number of nitrogens with one attached hydrogen (secondary N) is 2. The minimum atomic E-state index is -0.706. The van der Waals surface area contributed by atoms with Gasteiger partial charge in [-0.1, -0.05) is 23.7 Å². The van der Waals surface area contributed by atoms with Crippen molar-refractivity contribution < 1.29 is 19.1 Å². The summed E-state index contributed by atoms with van der Waals surface area (Å²) in [5, 5.41) is 5.83. The van der Waals surface area contributed by atoms with Crippen molar-refractivity contribution in [1.29, 1.82) is 0 Å². The van der Waals surface area contributed by atoms with Gasteiger partial charge < -0.3 is 20.1 Å². The second kappa shape index (κ2) is 9.39. The van der Waals surface area contributed by atoms with E-state index in [0.29, 0.717) is 36.2 Å². The van der Waals surface area contributed by atoms with Crippen LogP contribution in [0, 0.1) is 0 Å². The molecule has 1 fully saturated rings. The van der Waals surface area contributed by atoms with Gasteiger partial charge in [-0.25, -0.2) is 0 Å². The smallest absolute Gasteiger partial charge is 0.313 e. The number of ether oxygens (including phenoxy) is 2. The van der Waals surface area contributed by atoms with E-state index in [2.05, 4.69) is 10.6 Å². The molecule has 1 aliphatic rings. The standard InChI is InChI=1S/C20H21ClN2O4/c21-15-5-3-14(4-6-15)13-27-17-9-7-16(8-10-17)23-20(25)19(24)22-12-18-2-1-11-26-18/h3-10,18H,1-2,11-13H2,(H,22,24)(H,23,25). The van der Waals surface area contributed by atoms with Crippen LogP contribution in [0.1, 0.15) is 18.4 Å². The minimum absolute atomic E-state index is 0.00109. The zero-order valence-electron chi connectivity index (χ0n) is 14.7. The number of amides is 2. The number of carbonyl (C=O) groups is 2. The minimum Gasteiger partial charge on any atom is -0.489 e. The molecule has 1 saturated heterocycles. The Bertz CT molecular complexity index is 772. The fourth-order valence-corrected chi connectivity index (χ4v) is 2.79. The highest BCUT2D eigenvalue weighted by molar-refractivity contribution is 6.39. The third kappa shape index (κ3) is 5.98. The Balaban J connectivity index is 1.44. The van der Waals surface area contributed by atoms with Crippen LogP contribution < -0.4 is 15.4 Å². The first kappa shape index (κ1) is 19.2. The monoisotopic (exact) mass is 388 g/mol. The van der Waals surface area contributed by atoms with E-state index >= 15 is 0 Å². The van der Waals surface area contributed by atoms with Crippen molar-refractivity contribution in [1.82, 2.24) is 5.32 Å². The van der Waals surface area contributed by atoms with Crippen molar-refractivity contribution in [3.8, 4) is 5.75 Å². The molecule has 0 spiro atoms. The molecule has 6 nitrogen and oxygen atoms in total. The van der Waals surface area contributed by atoms with Gasteiger partial charge in [-0.3, -0.25) is 9.59 Å². The van der Waals surface area contributed by atoms with E-state index < -0.39 is 11.8 Å². The van der Waals surface area contributed by atoms with E-state index in [9.17, 15) is 9.59 Å². The van der Waals surface area contributed by atoms with Crippen LogP contribution in [0.2, 0.25) is 5.02 Å². The topological polar surface area (TPSA) is 76.7 Å². The van der Waals surface area contributed by atoms with E-state index in [-0.39, 0.29) is 6.10 Å². The van der Waals surface area contributed by atoms with Crippen molar-refractivity contribution >= 4 is 29.1 Å². The number of carbonyl (C=O) groups excluding carboxylic acids is 2. The van der Waals surface area contributed by atoms with Crippen molar-refractivity contribution in [3.63, 3.8) is 0 Å². The molecule has 2 aromatic rings. The van der Waals surface area contributed by atoms with Crippen LogP contribution in [0.4, 0.5) is 5.69 Å². The summed E-state index contributed by atoms with van der Waals surface area (Å²) in [5.74, 6) is -0.720. The number of hydrogen-bond donors (Lipinski definition) is 2. The molecule has 0 aliphatic carbocycles. The lowest BCUT2D eigenvalue weighted by Gasteiger charge is -2.11. The van der Waals surface area contributed by atoms with E-state index in [1.807, 2.05) is 24.3 Å². The van der Waals surface area contributed by atoms with Gasteiger partial charge in [0.05, 0.1) is 6.10 Å². The van der Waals surface area contributed by atoms with Gasteiger partial charge in [0, 0.05) is 23.9 Å². The Hall–Kier alpha value is -2.57. The predicted octanol–water partition coefficient (Wildman–Crippen LogP) is 3.15. The Kier molecular flexibility index (Phi) is 6.68. The van der Waals surface area contributed by atoms with E-state index in [1.165, 1.54) is 0 Å². The van der Waals surface area contributed by atoms with Crippen LogP contribution in [0.25, 0.3) is 0 Å². The molecule has 1 aliphatic heterocycles. The summed E-state index contributed by atoms with van der Waals surface area (Å²) < 4.78 is 11.1. The third-order valence-electron chi connectivity index (χ3n) is 4.15. The van der Waals surface area contributed by atoms with Crippen LogP contribution in [0.3, 0.4) is 0 Å². The van der Waals surface area contributed by atoms with Crippen LogP contribution in [0.5, 0.6) is 5.75 Å². The number of anilines is 1. The molecule has 2 amide bonds. The molecule has 2 aromatic carbocycles. The van der Waals surface area contributed by atoms with Gasteiger partial charge in [0.1, 0.15) is 12.4 Å². The molecule has 0 saturated carbocycles. The maximum Gasteiger partial charge on any atom is 0.313 e. The Morgan fingerprint density at radius 3 is 2.48 bits per heavy atom. The van der Waals surface area contributed by atoms with Gasteiger partial charge in [0.2, 0.25) is 0 Å². The maximum atomic E-state index is 11.9. The second-order valence-corrected chi connectivity index (χ2v) is 6.68. The van der Waals surface area contributed by atoms with Gasteiger partial charge >= 0.3 is 11.8 Å². The lowest BCUT2D eigenvalue weighted by Crippen LogP contribution is -2.39. The highest BCUT2D eigenvalue weighted by atomic mass is 35.5. The van der Waals surface area contributed by atoms with E-state index in [1.54, 1.807) is 24.3 Å². The fourth-order valence-electron chi connectivity index (χ4n) is 2.66. The van der Waals surface area contributed by atoms with Crippen molar-refractivity contribution in [2.75, 3.05) is 18.5 Å². The van der Waals surface area contributed by atoms with E-state index in [0.717, 1.165) is 18.4 Å². The van der Waals surface area contributed by atoms with Crippen molar-refractivity contribution in [2.24, 2.45) is 0 Å². The molecule has 0 bridgehead atoms. The molecule has 2 N–H and O–H groups in total. The molecule has 3 rings (SSSR count). The molecule has 27 heavy (non-hydrogen) atoms. The van der Waals surface area contributed by atoms with Crippen molar-refractivity contribution in [2.45, 2.75) is 25.6 Å². The van der Waals surface area contributed by atoms with Gasteiger partial charge in [-0.05, 0) is 54.8 Å². The zero-order valence-corrected chi connectivity index (χ0v) is 15.5. The normalized spacial score (nSPS) is 16.0. The summed E-state index contributed by atoms with van der Waals surface area (Å²) in [7, 11) is 0. The maximum absolute atomic E-state index is 11.9. The van der Waals surface area contributed by atoms with Crippen LogP contribution in [0.15, 0.2) is 48.5 Å². The highest BCUT2D eigenvalue weighted by Crippen LogP contribution is 2.18. The zero-order chi connectivity index (χ0) is 19.1. The Morgan fingerprint density at radius 2 is 1.81 bits per heavy atom. The average molecular weight is 389 g/mol. The number of halogens is 1. The second-order valence-electron chi connectivity index (χ2n) is 6.24. The van der Waals surface area contributed by atoms with Crippen LogP contribution in [-0.4, -0.2) is 31.1 Å². The molecule has 1 atom stereocenters. The molecule has 142 valence electrons. The molecule has 1 unspecified atom stereocenters. The SMILES string of the molecule is O=C(NCC1CCCO1)C(=O)Nc1ccc(OCc2ccc(Cl)cc2)cc1. The third-order valence-corrected chi connectivity index (χ3v) is 4.40. The first-order chi connectivity index (χ1) is 13.1. The number of rotatable bonds is 6. The summed E-state index contributed by atoms with van der Waals surface area (Å²) in [6, 6.07) is 14.2. The number of hydrogen-bond acceptors (Lipinski definition) is 4. The van der Waals surface area contributed by atoms with Gasteiger partial charge in [-0.2, -0.15) is 0 Å². The molecule has 7 heteroatoms. The van der Waals surface area contributed by atoms with E-state index in [4.69, 9.17) is 21.1 Å². The van der Waals surface area contributed by atoms with Crippen LogP contribution in [-0.2, 0) is 20.9 Å². The Labute approximate surface area is 162 Å².